The molecule has 2 heterocycles. The van der Waals surface area contributed by atoms with Crippen molar-refractivity contribution in [1.29, 1.82) is 0 Å². The van der Waals surface area contributed by atoms with Crippen LogP contribution < -0.4 is 10.6 Å². The van der Waals surface area contributed by atoms with Crippen molar-refractivity contribution in [3.05, 3.63) is 24.2 Å². The first-order chi connectivity index (χ1) is 10.3. The van der Waals surface area contributed by atoms with Gasteiger partial charge in [0.05, 0.1) is 18.1 Å². The molecule has 1 amide bonds. The highest BCUT2D eigenvalue weighted by Gasteiger charge is 2.21. The van der Waals surface area contributed by atoms with Gasteiger partial charge in [-0.2, -0.15) is 0 Å². The van der Waals surface area contributed by atoms with Gasteiger partial charge in [0.2, 0.25) is 11.0 Å². The van der Waals surface area contributed by atoms with Gasteiger partial charge in [-0.1, -0.05) is 23.1 Å². The second-order valence-electron chi connectivity index (χ2n) is 5.81. The van der Waals surface area contributed by atoms with E-state index in [0.29, 0.717) is 11.7 Å². The summed E-state index contributed by atoms with van der Waals surface area (Å²) in [5.41, 5.74) is -0.233. The molecule has 8 heteroatoms. The Balaban J connectivity index is 1.84. The third kappa shape index (κ3) is 5.34. The minimum absolute atomic E-state index is 0.00204. The number of hydrogen-bond acceptors (Lipinski definition) is 7. The van der Waals surface area contributed by atoms with Crippen LogP contribution in [0.4, 0.5) is 5.13 Å². The van der Waals surface area contributed by atoms with Crippen LogP contribution in [0.15, 0.2) is 27.2 Å². The van der Waals surface area contributed by atoms with Gasteiger partial charge in [0.1, 0.15) is 5.76 Å². The first kappa shape index (κ1) is 16.8. The molecule has 2 N–H and O–H groups in total. The van der Waals surface area contributed by atoms with Gasteiger partial charge in [-0.05, 0) is 39.8 Å². The maximum atomic E-state index is 12.0. The van der Waals surface area contributed by atoms with Crippen LogP contribution in [-0.2, 0) is 11.3 Å². The highest BCUT2D eigenvalue weighted by Crippen LogP contribution is 2.29. The summed E-state index contributed by atoms with van der Waals surface area (Å²) in [5.74, 6) is 0.833. The molecule has 0 saturated heterocycles. The van der Waals surface area contributed by atoms with Crippen molar-refractivity contribution in [2.75, 3.05) is 5.32 Å². The summed E-state index contributed by atoms with van der Waals surface area (Å²) in [5, 5.41) is 14.8. The van der Waals surface area contributed by atoms with Crippen LogP contribution in [0.25, 0.3) is 0 Å². The number of anilines is 1. The molecule has 0 fully saturated rings. The quantitative estimate of drug-likeness (QED) is 0.787. The maximum Gasteiger partial charge on any atom is 0.233 e. The van der Waals surface area contributed by atoms with Gasteiger partial charge in [-0.15, -0.1) is 10.2 Å². The van der Waals surface area contributed by atoms with Crippen LogP contribution in [0.5, 0.6) is 0 Å². The van der Waals surface area contributed by atoms with Crippen molar-refractivity contribution in [2.24, 2.45) is 0 Å². The lowest BCUT2D eigenvalue weighted by Gasteiger charge is -2.22. The molecule has 0 radical (unpaired) electrons. The Bertz CT molecular complexity index is 605. The van der Waals surface area contributed by atoms with E-state index in [1.54, 1.807) is 6.26 Å². The van der Waals surface area contributed by atoms with Crippen LogP contribution in [0.3, 0.4) is 0 Å². The van der Waals surface area contributed by atoms with E-state index in [9.17, 15) is 4.79 Å². The monoisotopic (exact) mass is 340 g/mol. The zero-order chi connectivity index (χ0) is 16.2. The SMILES string of the molecule is CC(Sc1nnc(NCc2ccco2)s1)C(=O)NC(C)(C)C. The fourth-order valence-corrected chi connectivity index (χ4v) is 3.47. The minimum Gasteiger partial charge on any atom is -0.467 e. The van der Waals surface area contributed by atoms with Crippen molar-refractivity contribution in [2.45, 2.75) is 49.4 Å². The van der Waals surface area contributed by atoms with Gasteiger partial charge >= 0.3 is 0 Å². The standard InChI is InChI=1S/C14H20N4O2S2/c1-9(11(19)16-14(2,3)4)21-13-18-17-12(22-13)15-8-10-6-5-7-20-10/h5-7,9H,8H2,1-4H3,(H,15,17)(H,16,19). The molecule has 2 aromatic heterocycles. The molecule has 0 aliphatic rings. The zero-order valence-electron chi connectivity index (χ0n) is 13.0. The van der Waals surface area contributed by atoms with Gasteiger partial charge in [-0.3, -0.25) is 4.79 Å². The molecule has 6 nitrogen and oxygen atoms in total. The van der Waals surface area contributed by atoms with E-state index in [4.69, 9.17) is 4.42 Å². The summed E-state index contributed by atoms with van der Waals surface area (Å²) in [7, 11) is 0. The van der Waals surface area contributed by atoms with E-state index in [1.807, 2.05) is 39.8 Å². The van der Waals surface area contributed by atoms with E-state index < -0.39 is 0 Å². The molecule has 0 bridgehead atoms. The van der Waals surface area contributed by atoms with Gasteiger partial charge in [0, 0.05) is 5.54 Å². The topological polar surface area (TPSA) is 80.1 Å². The Labute approximate surface area is 138 Å². The number of carbonyl (C=O) groups is 1. The van der Waals surface area contributed by atoms with Crippen molar-refractivity contribution < 1.29 is 9.21 Å². The summed E-state index contributed by atoms with van der Waals surface area (Å²) in [6.07, 6.45) is 1.63. The minimum atomic E-state index is -0.233. The van der Waals surface area contributed by atoms with Gasteiger partial charge in [0.15, 0.2) is 4.34 Å². The molecule has 2 aromatic rings. The lowest BCUT2D eigenvalue weighted by Crippen LogP contribution is -2.44. The van der Waals surface area contributed by atoms with Gasteiger partial charge in [0.25, 0.3) is 0 Å². The normalized spacial score (nSPS) is 12.9. The number of carbonyl (C=O) groups excluding carboxylic acids is 1. The molecule has 22 heavy (non-hydrogen) atoms. The Morgan fingerprint density at radius 3 is 2.86 bits per heavy atom. The molecule has 2 rings (SSSR count). The smallest absolute Gasteiger partial charge is 0.233 e. The number of nitrogens with zero attached hydrogens (tertiary/aromatic N) is 2. The largest absolute Gasteiger partial charge is 0.467 e. The number of aromatic nitrogens is 2. The summed E-state index contributed by atoms with van der Waals surface area (Å²) in [6.45, 7) is 8.31. The molecule has 0 aromatic carbocycles. The predicted molar refractivity (Wildman–Crippen MR) is 89.2 cm³/mol. The number of amides is 1. The first-order valence-corrected chi connectivity index (χ1v) is 8.61. The van der Waals surface area contributed by atoms with Crippen molar-refractivity contribution in [1.82, 2.24) is 15.5 Å². The number of thioether (sulfide) groups is 1. The van der Waals surface area contributed by atoms with Crippen molar-refractivity contribution in [3.8, 4) is 0 Å². The van der Waals surface area contributed by atoms with Crippen LogP contribution in [0.1, 0.15) is 33.5 Å². The summed E-state index contributed by atoms with van der Waals surface area (Å²) < 4.78 is 6.00. The van der Waals surface area contributed by atoms with E-state index >= 15 is 0 Å². The number of furan rings is 1. The lowest BCUT2D eigenvalue weighted by atomic mass is 10.1. The fraction of sp³-hybridized carbons (Fsp3) is 0.500. The molecule has 1 unspecified atom stereocenters. The van der Waals surface area contributed by atoms with E-state index in [2.05, 4.69) is 20.8 Å². The number of hydrogen-bond donors (Lipinski definition) is 2. The Hall–Kier alpha value is -1.54. The Morgan fingerprint density at radius 1 is 1.45 bits per heavy atom. The second-order valence-corrected chi connectivity index (χ2v) is 8.37. The van der Waals surface area contributed by atoms with Crippen LogP contribution >= 0.6 is 23.1 Å². The first-order valence-electron chi connectivity index (χ1n) is 6.92. The van der Waals surface area contributed by atoms with Crippen molar-refractivity contribution >= 4 is 34.1 Å². The fourth-order valence-electron chi connectivity index (χ4n) is 1.58. The number of nitrogens with one attached hydrogen (secondary N) is 2. The molecular formula is C14H20N4O2S2. The van der Waals surface area contributed by atoms with E-state index in [0.717, 1.165) is 10.1 Å². The van der Waals surface area contributed by atoms with Crippen LogP contribution in [0.2, 0.25) is 0 Å². The molecule has 0 aliphatic heterocycles. The third-order valence-electron chi connectivity index (χ3n) is 2.55. The van der Waals surface area contributed by atoms with E-state index in [-0.39, 0.29) is 16.7 Å². The summed E-state index contributed by atoms with van der Waals surface area (Å²) in [4.78, 5) is 12.0. The Kier molecular flexibility index (Phi) is 5.47. The molecule has 0 spiro atoms. The lowest BCUT2D eigenvalue weighted by molar-refractivity contribution is -0.121. The average Bonchev–Trinajstić information content (AvgIpc) is 3.05. The summed E-state index contributed by atoms with van der Waals surface area (Å²) in [6, 6.07) is 3.73. The van der Waals surface area contributed by atoms with Crippen LogP contribution in [0, 0.1) is 0 Å². The van der Waals surface area contributed by atoms with Gasteiger partial charge in [-0.25, -0.2) is 0 Å². The van der Waals surface area contributed by atoms with Gasteiger partial charge < -0.3 is 15.1 Å². The van der Waals surface area contributed by atoms with Crippen molar-refractivity contribution in [3.63, 3.8) is 0 Å². The highest BCUT2D eigenvalue weighted by molar-refractivity contribution is 8.02. The molecule has 1 atom stereocenters. The highest BCUT2D eigenvalue weighted by atomic mass is 32.2. The maximum absolute atomic E-state index is 12.0. The molecule has 0 saturated carbocycles. The van der Waals surface area contributed by atoms with E-state index in [1.165, 1.54) is 23.1 Å². The zero-order valence-corrected chi connectivity index (χ0v) is 14.7. The second kappa shape index (κ2) is 7.15. The average molecular weight is 340 g/mol. The predicted octanol–water partition coefficient (Wildman–Crippen LogP) is 3.14. The Morgan fingerprint density at radius 2 is 2.23 bits per heavy atom. The van der Waals surface area contributed by atoms with Crippen LogP contribution in [-0.4, -0.2) is 26.9 Å². The molecule has 120 valence electrons. The number of rotatable bonds is 6. The molecular weight excluding hydrogens is 320 g/mol. The molecule has 0 aliphatic carbocycles. The third-order valence-corrected chi connectivity index (χ3v) is 4.61. The summed E-state index contributed by atoms with van der Waals surface area (Å²) >= 11 is 2.83.